The standard InChI is InChI=1S/C16H20F4O7S/c17-15(16(18,19)20,28(22,23)24)12(21)27-13-6-9-4-10(7-13)14(11(5-9)8-13)25-2-1-3-26-14/h9-11H,1-8H2,(H,22,23,24). The van der Waals surface area contributed by atoms with E-state index < -0.39 is 38.7 Å². The summed E-state index contributed by atoms with van der Waals surface area (Å²) in [5.41, 5.74) is -1.43. The van der Waals surface area contributed by atoms with E-state index in [2.05, 4.69) is 0 Å². The van der Waals surface area contributed by atoms with Crippen molar-refractivity contribution in [2.45, 2.75) is 61.1 Å². The van der Waals surface area contributed by atoms with Crippen molar-refractivity contribution in [3.8, 4) is 0 Å². The lowest BCUT2D eigenvalue weighted by Gasteiger charge is -2.64. The van der Waals surface area contributed by atoms with Crippen molar-refractivity contribution in [1.82, 2.24) is 0 Å². The Morgan fingerprint density at radius 2 is 1.57 bits per heavy atom. The van der Waals surface area contributed by atoms with Gasteiger partial charge in [0.1, 0.15) is 5.60 Å². The third-order valence-electron chi connectivity index (χ3n) is 6.51. The molecule has 4 aliphatic carbocycles. The fourth-order valence-corrected chi connectivity index (χ4v) is 6.19. The molecule has 12 heteroatoms. The summed E-state index contributed by atoms with van der Waals surface area (Å²) in [5, 5.41) is -5.53. The fraction of sp³-hybridized carbons (Fsp3) is 0.938. The number of hydrogen-bond donors (Lipinski definition) is 1. The molecule has 0 amide bonds. The molecule has 1 spiro atoms. The maximum atomic E-state index is 14.3. The first kappa shape index (κ1) is 20.3. The summed E-state index contributed by atoms with van der Waals surface area (Å²) in [7, 11) is -6.45. The van der Waals surface area contributed by atoms with Gasteiger partial charge in [0.25, 0.3) is 0 Å². The average molecular weight is 432 g/mol. The summed E-state index contributed by atoms with van der Waals surface area (Å²) in [4.78, 5) is 12.1. The Labute approximate surface area is 158 Å². The Morgan fingerprint density at radius 1 is 1.04 bits per heavy atom. The van der Waals surface area contributed by atoms with Crippen LogP contribution in [0, 0.1) is 17.8 Å². The van der Waals surface area contributed by atoms with Crippen LogP contribution in [0.4, 0.5) is 17.6 Å². The quantitative estimate of drug-likeness (QED) is 0.415. The molecule has 1 aliphatic heterocycles. The number of hydrogen-bond acceptors (Lipinski definition) is 6. The third-order valence-corrected chi connectivity index (χ3v) is 7.62. The summed E-state index contributed by atoms with van der Waals surface area (Å²) in [5.74, 6) is -4.01. The minimum absolute atomic E-state index is 0.0238. The SMILES string of the molecule is O=C(OC12CC3CC(C1)C1(OCCCO1)C(C3)C2)C(F)(C(F)(F)F)S(=O)(=O)O. The number of esters is 1. The summed E-state index contributed by atoms with van der Waals surface area (Å²) >= 11 is 0. The van der Waals surface area contributed by atoms with E-state index in [1.807, 2.05) is 0 Å². The number of halogens is 4. The topological polar surface area (TPSA) is 99.1 Å². The molecule has 1 heterocycles. The van der Waals surface area contributed by atoms with Gasteiger partial charge in [0.05, 0.1) is 13.2 Å². The van der Waals surface area contributed by atoms with Crippen LogP contribution in [0.2, 0.25) is 0 Å². The van der Waals surface area contributed by atoms with Crippen LogP contribution in [0.5, 0.6) is 0 Å². The molecule has 4 saturated carbocycles. The molecule has 0 radical (unpaired) electrons. The van der Waals surface area contributed by atoms with Crippen molar-refractivity contribution in [2.24, 2.45) is 17.8 Å². The molecular formula is C16H20F4O7S. The molecule has 3 unspecified atom stereocenters. The number of carbonyl (C=O) groups is 1. The van der Waals surface area contributed by atoms with Gasteiger partial charge in [0.2, 0.25) is 0 Å². The summed E-state index contributed by atoms with van der Waals surface area (Å²) < 4.78 is 101. The highest BCUT2D eigenvalue weighted by atomic mass is 32.2. The molecule has 1 N–H and O–H groups in total. The molecule has 5 fully saturated rings. The second-order valence-electron chi connectivity index (χ2n) is 8.26. The second kappa shape index (κ2) is 6.02. The van der Waals surface area contributed by atoms with Gasteiger partial charge in [-0.15, -0.1) is 0 Å². The zero-order valence-electron chi connectivity index (χ0n) is 14.7. The Hall–Kier alpha value is -0.980. The monoisotopic (exact) mass is 432 g/mol. The van der Waals surface area contributed by atoms with Crippen molar-refractivity contribution in [3.63, 3.8) is 0 Å². The molecule has 160 valence electrons. The predicted octanol–water partition coefficient (Wildman–Crippen LogP) is 2.36. The van der Waals surface area contributed by atoms with Crippen molar-refractivity contribution >= 4 is 16.1 Å². The molecule has 4 bridgehead atoms. The molecule has 28 heavy (non-hydrogen) atoms. The first-order chi connectivity index (χ1) is 12.8. The van der Waals surface area contributed by atoms with Crippen LogP contribution in [0.15, 0.2) is 0 Å². The smallest absolute Gasteiger partial charge is 0.451 e. The van der Waals surface area contributed by atoms with Gasteiger partial charge in [-0.1, -0.05) is 0 Å². The number of rotatable bonds is 3. The number of ether oxygens (including phenoxy) is 3. The summed E-state index contributed by atoms with van der Waals surface area (Å²) in [6.07, 6.45) is -3.73. The largest absolute Gasteiger partial charge is 0.456 e. The first-order valence-corrected chi connectivity index (χ1v) is 10.5. The minimum Gasteiger partial charge on any atom is -0.456 e. The Balaban J connectivity index is 1.62. The maximum Gasteiger partial charge on any atom is 0.451 e. The highest BCUT2D eigenvalue weighted by Crippen LogP contribution is 2.63. The van der Waals surface area contributed by atoms with Gasteiger partial charge in [0.15, 0.2) is 5.79 Å². The van der Waals surface area contributed by atoms with E-state index in [1.165, 1.54) is 0 Å². The van der Waals surface area contributed by atoms with Gasteiger partial charge in [-0.25, -0.2) is 9.18 Å². The number of alkyl halides is 4. The zero-order chi connectivity index (χ0) is 20.6. The van der Waals surface area contributed by atoms with Gasteiger partial charge in [-0.3, -0.25) is 4.55 Å². The van der Waals surface area contributed by atoms with Crippen LogP contribution in [0.1, 0.15) is 38.5 Å². The van der Waals surface area contributed by atoms with E-state index >= 15 is 0 Å². The lowest BCUT2D eigenvalue weighted by atomic mass is 9.51. The second-order valence-corrected chi connectivity index (χ2v) is 9.77. The third kappa shape index (κ3) is 2.71. The van der Waals surface area contributed by atoms with Crippen LogP contribution in [0.3, 0.4) is 0 Å². The summed E-state index contributed by atoms with van der Waals surface area (Å²) in [6.45, 7) is 0.962. The van der Waals surface area contributed by atoms with E-state index in [1.54, 1.807) is 0 Å². The molecule has 7 nitrogen and oxygen atoms in total. The van der Waals surface area contributed by atoms with E-state index in [9.17, 15) is 30.8 Å². The van der Waals surface area contributed by atoms with Crippen molar-refractivity contribution < 1.29 is 49.5 Å². The molecule has 0 aromatic rings. The fourth-order valence-electron chi connectivity index (χ4n) is 5.64. The van der Waals surface area contributed by atoms with Crippen molar-refractivity contribution in [1.29, 1.82) is 0 Å². The molecule has 0 aromatic heterocycles. The summed E-state index contributed by atoms with van der Waals surface area (Å²) in [6, 6.07) is 0. The highest BCUT2D eigenvalue weighted by molar-refractivity contribution is 7.88. The Morgan fingerprint density at radius 3 is 2.04 bits per heavy atom. The van der Waals surface area contributed by atoms with Crippen LogP contribution >= 0.6 is 0 Å². The molecule has 3 atom stereocenters. The van der Waals surface area contributed by atoms with Crippen molar-refractivity contribution in [2.75, 3.05) is 13.2 Å². The molecule has 1 saturated heterocycles. The van der Waals surface area contributed by atoms with Crippen LogP contribution in [-0.4, -0.2) is 54.7 Å². The van der Waals surface area contributed by atoms with Crippen LogP contribution < -0.4 is 0 Å². The molecule has 0 aromatic carbocycles. The average Bonchev–Trinajstić information content (AvgIpc) is 2.57. The molecule has 5 aliphatic rings. The van der Waals surface area contributed by atoms with Crippen LogP contribution in [-0.2, 0) is 29.1 Å². The van der Waals surface area contributed by atoms with Gasteiger partial charge in [0, 0.05) is 11.8 Å². The molecule has 5 rings (SSSR count). The predicted molar refractivity (Wildman–Crippen MR) is 83.1 cm³/mol. The lowest BCUT2D eigenvalue weighted by molar-refractivity contribution is -0.373. The maximum absolute atomic E-state index is 14.3. The van der Waals surface area contributed by atoms with Crippen molar-refractivity contribution in [3.05, 3.63) is 0 Å². The minimum atomic E-state index is -6.45. The first-order valence-electron chi connectivity index (χ1n) is 9.07. The van der Waals surface area contributed by atoms with E-state index in [0.717, 1.165) is 6.42 Å². The normalized spacial score (nSPS) is 39.0. The van der Waals surface area contributed by atoms with E-state index in [-0.39, 0.29) is 37.0 Å². The van der Waals surface area contributed by atoms with Gasteiger partial charge >= 0.3 is 27.3 Å². The Kier molecular flexibility index (Phi) is 4.36. The van der Waals surface area contributed by atoms with Gasteiger partial charge in [-0.2, -0.15) is 21.6 Å². The zero-order valence-corrected chi connectivity index (χ0v) is 15.5. The van der Waals surface area contributed by atoms with Crippen LogP contribution in [0.25, 0.3) is 0 Å². The number of carbonyl (C=O) groups excluding carboxylic acids is 1. The Bertz CT molecular complexity index is 758. The van der Waals surface area contributed by atoms with Gasteiger partial charge in [-0.05, 0) is 44.4 Å². The van der Waals surface area contributed by atoms with Gasteiger partial charge < -0.3 is 14.2 Å². The van der Waals surface area contributed by atoms with E-state index in [0.29, 0.717) is 26.1 Å². The molecular weight excluding hydrogens is 412 g/mol. The lowest BCUT2D eigenvalue weighted by Crippen LogP contribution is -2.68. The van der Waals surface area contributed by atoms with E-state index in [4.69, 9.17) is 18.8 Å². The highest BCUT2D eigenvalue weighted by Gasteiger charge is 2.74.